The zero-order chi connectivity index (χ0) is 9.64. The molecule has 2 aliphatic rings. The molecule has 1 N–H and O–H groups in total. The van der Waals surface area contributed by atoms with Crippen molar-refractivity contribution in [2.45, 2.75) is 39.5 Å². The number of aliphatic carboxylic acids is 1. The van der Waals surface area contributed by atoms with Gasteiger partial charge >= 0.3 is 5.97 Å². The molecule has 0 saturated heterocycles. The second-order valence-corrected chi connectivity index (χ2v) is 5.36. The van der Waals surface area contributed by atoms with E-state index < -0.39 is 5.97 Å². The monoisotopic (exact) mass is 182 g/mol. The first-order valence-corrected chi connectivity index (χ1v) is 5.25. The third kappa shape index (κ3) is 1.36. The Hall–Kier alpha value is -0.530. The minimum absolute atomic E-state index is 0.0203. The van der Waals surface area contributed by atoms with Crippen molar-refractivity contribution in [2.24, 2.45) is 23.2 Å². The predicted octanol–water partition coefficient (Wildman–Crippen LogP) is 2.53. The molecule has 0 bridgehead atoms. The summed E-state index contributed by atoms with van der Waals surface area (Å²) in [5.41, 5.74) is 0.470. The van der Waals surface area contributed by atoms with Gasteiger partial charge in [-0.2, -0.15) is 0 Å². The van der Waals surface area contributed by atoms with Crippen LogP contribution < -0.4 is 0 Å². The highest BCUT2D eigenvalue weighted by molar-refractivity contribution is 5.71. The number of hydrogen-bond acceptors (Lipinski definition) is 1. The van der Waals surface area contributed by atoms with Crippen LogP contribution in [0.5, 0.6) is 0 Å². The van der Waals surface area contributed by atoms with Crippen LogP contribution in [0.15, 0.2) is 0 Å². The minimum atomic E-state index is -0.585. The molecule has 2 rings (SSSR count). The van der Waals surface area contributed by atoms with Crippen LogP contribution in [-0.2, 0) is 4.79 Å². The molecular formula is C11H18O2. The number of carbonyl (C=O) groups is 1. The fourth-order valence-electron chi connectivity index (χ4n) is 3.02. The molecule has 1 spiro atoms. The van der Waals surface area contributed by atoms with Crippen molar-refractivity contribution in [3.05, 3.63) is 0 Å². The van der Waals surface area contributed by atoms with E-state index in [1.807, 2.05) is 0 Å². The lowest BCUT2D eigenvalue weighted by Crippen LogP contribution is -2.50. The predicted molar refractivity (Wildman–Crippen MR) is 50.4 cm³/mol. The maximum Gasteiger partial charge on any atom is 0.306 e. The van der Waals surface area contributed by atoms with Crippen molar-refractivity contribution >= 4 is 5.97 Å². The lowest BCUT2D eigenvalue weighted by Gasteiger charge is -2.58. The number of hydrogen-bond donors (Lipinski definition) is 1. The summed E-state index contributed by atoms with van der Waals surface area (Å²) in [7, 11) is 0. The lowest BCUT2D eigenvalue weighted by molar-refractivity contribution is -0.159. The fourth-order valence-corrected chi connectivity index (χ4v) is 3.02. The zero-order valence-electron chi connectivity index (χ0n) is 8.42. The molecular weight excluding hydrogens is 164 g/mol. The highest BCUT2D eigenvalue weighted by Gasteiger charge is 2.55. The fraction of sp³-hybridized carbons (Fsp3) is 0.909. The van der Waals surface area contributed by atoms with E-state index in [1.54, 1.807) is 0 Å². The Balaban J connectivity index is 1.79. The standard InChI is InChI=1S/C11H18O2/c1-7(2)8-3-11(4-8)5-9(6-11)10(12)13/h7-9H,3-6H2,1-2H3,(H,12,13). The van der Waals surface area contributed by atoms with Crippen LogP contribution in [0.2, 0.25) is 0 Å². The molecule has 0 atom stereocenters. The minimum Gasteiger partial charge on any atom is -0.481 e. The highest BCUT2D eigenvalue weighted by Crippen LogP contribution is 2.62. The second-order valence-electron chi connectivity index (χ2n) is 5.36. The third-order valence-electron chi connectivity index (χ3n) is 4.04. The highest BCUT2D eigenvalue weighted by atomic mass is 16.4. The van der Waals surface area contributed by atoms with E-state index in [0.29, 0.717) is 5.41 Å². The van der Waals surface area contributed by atoms with Crippen molar-refractivity contribution in [3.63, 3.8) is 0 Å². The van der Waals surface area contributed by atoms with Crippen molar-refractivity contribution in [1.29, 1.82) is 0 Å². The summed E-state index contributed by atoms with van der Waals surface area (Å²) in [5, 5.41) is 8.76. The van der Waals surface area contributed by atoms with Gasteiger partial charge in [-0.3, -0.25) is 4.79 Å². The molecule has 0 aromatic heterocycles. The maximum atomic E-state index is 10.6. The van der Waals surface area contributed by atoms with Gasteiger partial charge in [0.2, 0.25) is 0 Å². The average molecular weight is 182 g/mol. The number of rotatable bonds is 2. The molecule has 74 valence electrons. The van der Waals surface area contributed by atoms with Gasteiger partial charge in [0.15, 0.2) is 0 Å². The first-order valence-electron chi connectivity index (χ1n) is 5.25. The quantitative estimate of drug-likeness (QED) is 0.712. The second kappa shape index (κ2) is 2.73. The van der Waals surface area contributed by atoms with Crippen LogP contribution >= 0.6 is 0 Å². The van der Waals surface area contributed by atoms with Crippen LogP contribution in [0.1, 0.15) is 39.5 Å². The topological polar surface area (TPSA) is 37.3 Å². The Labute approximate surface area is 79.3 Å². The van der Waals surface area contributed by atoms with Gasteiger partial charge in [0.05, 0.1) is 5.92 Å². The van der Waals surface area contributed by atoms with E-state index in [9.17, 15) is 4.79 Å². The van der Waals surface area contributed by atoms with Crippen LogP contribution in [-0.4, -0.2) is 11.1 Å². The summed E-state index contributed by atoms with van der Waals surface area (Å²) in [4.78, 5) is 10.6. The van der Waals surface area contributed by atoms with Crippen molar-refractivity contribution in [1.82, 2.24) is 0 Å². The molecule has 0 aromatic carbocycles. The van der Waals surface area contributed by atoms with E-state index >= 15 is 0 Å². The van der Waals surface area contributed by atoms with E-state index in [0.717, 1.165) is 24.7 Å². The van der Waals surface area contributed by atoms with Crippen molar-refractivity contribution < 1.29 is 9.90 Å². The van der Waals surface area contributed by atoms with Gasteiger partial charge in [-0.05, 0) is 42.9 Å². The van der Waals surface area contributed by atoms with Gasteiger partial charge in [-0.25, -0.2) is 0 Å². The largest absolute Gasteiger partial charge is 0.481 e. The maximum absolute atomic E-state index is 10.6. The molecule has 0 heterocycles. The van der Waals surface area contributed by atoms with E-state index in [1.165, 1.54) is 12.8 Å². The first-order chi connectivity index (χ1) is 6.02. The zero-order valence-corrected chi connectivity index (χ0v) is 8.42. The smallest absolute Gasteiger partial charge is 0.306 e. The molecule has 0 aliphatic heterocycles. The third-order valence-corrected chi connectivity index (χ3v) is 4.04. The normalized spacial score (nSPS) is 43.0. The van der Waals surface area contributed by atoms with Gasteiger partial charge in [0.25, 0.3) is 0 Å². The van der Waals surface area contributed by atoms with Gasteiger partial charge in [0.1, 0.15) is 0 Å². The van der Waals surface area contributed by atoms with Crippen molar-refractivity contribution in [3.8, 4) is 0 Å². The summed E-state index contributed by atoms with van der Waals surface area (Å²) in [6.45, 7) is 4.54. The first kappa shape index (κ1) is 9.04. The molecule has 2 heteroatoms. The summed E-state index contributed by atoms with van der Waals surface area (Å²) >= 11 is 0. The van der Waals surface area contributed by atoms with Gasteiger partial charge in [-0.15, -0.1) is 0 Å². The Morgan fingerprint density at radius 3 is 2.23 bits per heavy atom. The van der Waals surface area contributed by atoms with Crippen molar-refractivity contribution in [2.75, 3.05) is 0 Å². The summed E-state index contributed by atoms with van der Waals surface area (Å²) in [6.07, 6.45) is 4.47. The van der Waals surface area contributed by atoms with Gasteiger partial charge in [-0.1, -0.05) is 13.8 Å². The Morgan fingerprint density at radius 2 is 1.85 bits per heavy atom. The summed E-state index contributed by atoms with van der Waals surface area (Å²) in [6, 6.07) is 0. The lowest BCUT2D eigenvalue weighted by atomic mass is 9.46. The van der Waals surface area contributed by atoms with E-state index in [-0.39, 0.29) is 5.92 Å². The molecule has 13 heavy (non-hydrogen) atoms. The Bertz CT molecular complexity index is 218. The Kier molecular flexibility index (Phi) is 1.90. The summed E-state index contributed by atoms with van der Waals surface area (Å²) in [5.74, 6) is 1.05. The van der Waals surface area contributed by atoms with Gasteiger partial charge < -0.3 is 5.11 Å². The molecule has 0 unspecified atom stereocenters. The molecule has 0 aromatic rings. The number of carboxylic acids is 1. The molecule has 2 fully saturated rings. The molecule has 2 aliphatic carbocycles. The molecule has 2 saturated carbocycles. The molecule has 2 nitrogen and oxygen atoms in total. The Morgan fingerprint density at radius 1 is 1.31 bits per heavy atom. The van der Waals surface area contributed by atoms with Crippen LogP contribution in [0.25, 0.3) is 0 Å². The summed E-state index contributed by atoms with van der Waals surface area (Å²) < 4.78 is 0. The average Bonchev–Trinajstić information content (AvgIpc) is 1.78. The molecule has 0 amide bonds. The van der Waals surface area contributed by atoms with Crippen LogP contribution in [0, 0.1) is 23.2 Å². The van der Waals surface area contributed by atoms with E-state index in [4.69, 9.17) is 5.11 Å². The molecule has 0 radical (unpaired) electrons. The van der Waals surface area contributed by atoms with Crippen LogP contribution in [0.4, 0.5) is 0 Å². The number of carboxylic acid groups (broad SMARTS) is 1. The van der Waals surface area contributed by atoms with Crippen LogP contribution in [0.3, 0.4) is 0 Å². The van der Waals surface area contributed by atoms with E-state index in [2.05, 4.69) is 13.8 Å². The van der Waals surface area contributed by atoms with Gasteiger partial charge in [0, 0.05) is 0 Å². The SMILES string of the molecule is CC(C)C1CC2(CC(C(=O)O)C2)C1.